The van der Waals surface area contributed by atoms with Gasteiger partial charge in [0.25, 0.3) is 0 Å². The van der Waals surface area contributed by atoms with Gasteiger partial charge >= 0.3 is 18.1 Å². The molecule has 296 valence electrons. The van der Waals surface area contributed by atoms with Crippen LogP contribution in [0, 0.1) is 5.92 Å². The summed E-state index contributed by atoms with van der Waals surface area (Å²) in [6, 6.07) is 3.54. The van der Waals surface area contributed by atoms with Crippen LogP contribution in [0.2, 0.25) is 5.15 Å². The molecule has 5 atom stereocenters. The van der Waals surface area contributed by atoms with Gasteiger partial charge in [0.15, 0.2) is 0 Å². The van der Waals surface area contributed by atoms with Crippen molar-refractivity contribution in [2.24, 2.45) is 5.92 Å². The third-order valence-corrected chi connectivity index (χ3v) is 9.53. The van der Waals surface area contributed by atoms with E-state index in [1.165, 1.54) is 4.57 Å². The van der Waals surface area contributed by atoms with E-state index in [1.54, 1.807) is 70.7 Å². The summed E-state index contributed by atoms with van der Waals surface area (Å²) in [7, 11) is 0. The minimum absolute atomic E-state index is 0.0115. The molecule has 4 amide bonds. The van der Waals surface area contributed by atoms with Crippen molar-refractivity contribution in [3.63, 3.8) is 0 Å². The number of carbonyl (C=O) groups is 5. The summed E-state index contributed by atoms with van der Waals surface area (Å²) in [6.45, 7) is 20.4. The number of nitrogens with zero attached hydrogens (tertiary/aromatic N) is 2. The Bertz CT molecular complexity index is 1600. The fourth-order valence-corrected chi connectivity index (χ4v) is 7.03. The van der Waals surface area contributed by atoms with Crippen LogP contribution in [-0.4, -0.2) is 80.8 Å². The van der Waals surface area contributed by atoms with Crippen LogP contribution in [-0.2, 0) is 30.3 Å². The third-order valence-electron chi connectivity index (χ3n) is 9.14. The summed E-state index contributed by atoms with van der Waals surface area (Å²) < 4.78 is 12.6. The van der Waals surface area contributed by atoms with Crippen molar-refractivity contribution in [2.45, 2.75) is 169 Å². The molecule has 53 heavy (non-hydrogen) atoms. The number of nitrogens with one attached hydrogen (secondary N) is 3. The van der Waals surface area contributed by atoms with Gasteiger partial charge in [-0.25, -0.2) is 19.0 Å². The Kier molecular flexibility index (Phi) is 15.2. The molecule has 0 saturated carbocycles. The second-order valence-electron chi connectivity index (χ2n) is 16.8. The van der Waals surface area contributed by atoms with Gasteiger partial charge in [-0.1, -0.05) is 63.4 Å². The zero-order valence-corrected chi connectivity index (χ0v) is 34.3. The highest BCUT2D eigenvalue weighted by Crippen LogP contribution is 2.32. The predicted molar refractivity (Wildman–Crippen MR) is 208 cm³/mol. The average molecular weight is 760 g/mol. The van der Waals surface area contributed by atoms with Crippen LogP contribution < -0.4 is 16.0 Å². The topological polar surface area (TPSA) is 148 Å². The van der Waals surface area contributed by atoms with E-state index in [-0.39, 0.29) is 35.6 Å². The van der Waals surface area contributed by atoms with E-state index in [1.807, 2.05) is 34.6 Å². The molecule has 3 N–H and O–H groups in total. The summed E-state index contributed by atoms with van der Waals surface area (Å²) in [5.74, 6) is -1.75. The molecule has 0 aliphatic carbocycles. The molecule has 1 saturated heterocycles. The maximum Gasteiger partial charge on any atom is 0.420 e. The van der Waals surface area contributed by atoms with Gasteiger partial charge in [-0.2, -0.15) is 0 Å². The molecule has 3 rings (SSSR count). The smallest absolute Gasteiger partial charge is 0.420 e. The molecule has 0 bridgehead atoms. The Hall–Kier alpha value is -3.80. The van der Waals surface area contributed by atoms with E-state index < -0.39 is 53.2 Å². The number of rotatable bonds is 13. The number of urea groups is 1. The van der Waals surface area contributed by atoms with Gasteiger partial charge in [0.05, 0.1) is 5.52 Å². The second kappa shape index (κ2) is 18.5. The van der Waals surface area contributed by atoms with Crippen molar-refractivity contribution in [3.8, 4) is 0 Å². The highest BCUT2D eigenvalue weighted by Gasteiger charge is 2.36. The van der Waals surface area contributed by atoms with E-state index >= 15 is 0 Å². The number of fused-ring (bicyclic) bond motifs is 1. The van der Waals surface area contributed by atoms with Crippen LogP contribution in [0.5, 0.6) is 0 Å². The number of hydrogen-bond donors (Lipinski definition) is 3. The Labute approximate surface area is 320 Å². The van der Waals surface area contributed by atoms with Gasteiger partial charge in [0.2, 0.25) is 11.8 Å². The van der Waals surface area contributed by atoms with Crippen LogP contribution >= 0.6 is 11.6 Å². The molecule has 1 aliphatic heterocycles. The lowest BCUT2D eigenvalue weighted by molar-refractivity contribution is -0.159. The first-order chi connectivity index (χ1) is 24.6. The van der Waals surface area contributed by atoms with E-state index in [0.717, 1.165) is 25.7 Å². The number of para-hydroxylation sites is 1. The van der Waals surface area contributed by atoms with Gasteiger partial charge in [-0.05, 0) is 99.5 Å². The first-order valence-electron chi connectivity index (χ1n) is 19.1. The first-order valence-corrected chi connectivity index (χ1v) is 19.4. The summed E-state index contributed by atoms with van der Waals surface area (Å²) >= 11 is 6.95. The maximum absolute atomic E-state index is 14.3. The van der Waals surface area contributed by atoms with Gasteiger partial charge in [0.1, 0.15) is 34.5 Å². The molecule has 1 aromatic heterocycles. The fourth-order valence-electron chi connectivity index (χ4n) is 6.69. The molecule has 1 aliphatic rings. The molecular weight excluding hydrogens is 698 g/mol. The van der Waals surface area contributed by atoms with E-state index in [4.69, 9.17) is 21.1 Å². The molecule has 1 aromatic carbocycles. The van der Waals surface area contributed by atoms with Gasteiger partial charge in [0, 0.05) is 29.5 Å². The monoisotopic (exact) mass is 759 g/mol. The van der Waals surface area contributed by atoms with Crippen molar-refractivity contribution in [1.29, 1.82) is 0 Å². The standard InChI is InChI=1S/C40H62ClN5O7/c1-12-13-20-29(36(49)52-39(6,7)8)42-35(48)31(23-28-27-19-14-15-21-32(27)46(33(28)41)38(51)53-40(9,10)11)43-34(47)30(22-24(2)3)44-37(50)45-25(4)17-16-18-26(45)5/h14-15,19,21,24-26,29-31H,12-13,16-18,20,22-23H2,1-11H3,(H,42,48)(H,43,47)(H,44,50)/t25-,26+,29-,30+,31-/m1/s1. The van der Waals surface area contributed by atoms with Crippen molar-refractivity contribution < 1.29 is 33.4 Å². The average Bonchev–Trinajstić information content (AvgIpc) is 3.30. The van der Waals surface area contributed by atoms with Crippen LogP contribution in [0.1, 0.15) is 127 Å². The zero-order valence-electron chi connectivity index (χ0n) is 33.6. The van der Waals surface area contributed by atoms with Crippen molar-refractivity contribution in [2.75, 3.05) is 0 Å². The summed E-state index contributed by atoms with van der Waals surface area (Å²) in [6.07, 6.45) is 4.00. The molecule has 2 heterocycles. The Balaban J connectivity index is 2.06. The van der Waals surface area contributed by atoms with E-state index in [9.17, 15) is 24.0 Å². The second-order valence-corrected chi connectivity index (χ2v) is 17.1. The van der Waals surface area contributed by atoms with Gasteiger partial charge in [-0.3, -0.25) is 9.59 Å². The fraction of sp³-hybridized carbons (Fsp3) is 0.675. The number of unbranched alkanes of at least 4 members (excludes halogenated alkanes) is 1. The van der Waals surface area contributed by atoms with Crippen molar-refractivity contribution >= 4 is 52.4 Å². The lowest BCUT2D eigenvalue weighted by atomic mass is 9.97. The number of amides is 4. The highest BCUT2D eigenvalue weighted by molar-refractivity contribution is 6.33. The van der Waals surface area contributed by atoms with Crippen molar-refractivity contribution in [3.05, 3.63) is 35.0 Å². The Morgan fingerprint density at radius 1 is 0.849 bits per heavy atom. The van der Waals surface area contributed by atoms with Crippen LogP contribution in [0.25, 0.3) is 10.9 Å². The molecular formula is C40H62ClN5O7. The number of likely N-dealkylation sites (tertiary alicyclic amines) is 1. The number of ether oxygens (including phenoxy) is 2. The molecule has 0 spiro atoms. The van der Waals surface area contributed by atoms with E-state index in [2.05, 4.69) is 16.0 Å². The predicted octanol–water partition coefficient (Wildman–Crippen LogP) is 7.51. The third kappa shape index (κ3) is 12.4. The maximum atomic E-state index is 14.3. The number of esters is 1. The van der Waals surface area contributed by atoms with Crippen LogP contribution in [0.4, 0.5) is 9.59 Å². The molecule has 1 fully saturated rings. The lowest BCUT2D eigenvalue weighted by Crippen LogP contribution is -2.59. The van der Waals surface area contributed by atoms with Gasteiger partial charge < -0.3 is 30.3 Å². The Morgan fingerprint density at radius 3 is 1.98 bits per heavy atom. The number of aromatic nitrogens is 1. The minimum atomic E-state index is -1.26. The molecule has 13 heteroatoms. The SMILES string of the molecule is CCCC[C@@H](NC(=O)[C@@H](Cc1c(Cl)n(C(=O)OC(C)(C)C)c2ccccc12)NC(=O)[C@H](CC(C)C)NC(=O)N1[C@H](C)CCC[C@@H]1C)C(=O)OC(C)(C)C. The number of benzene rings is 1. The summed E-state index contributed by atoms with van der Waals surface area (Å²) in [5, 5.41) is 9.32. The largest absolute Gasteiger partial charge is 0.458 e. The quantitative estimate of drug-likeness (QED) is 0.179. The summed E-state index contributed by atoms with van der Waals surface area (Å²) in [5.41, 5.74) is -0.701. The highest BCUT2D eigenvalue weighted by atomic mass is 35.5. The normalized spacial score (nSPS) is 18.2. The Morgan fingerprint density at radius 2 is 1.42 bits per heavy atom. The first kappa shape index (κ1) is 43.6. The zero-order chi connectivity index (χ0) is 39.8. The van der Waals surface area contributed by atoms with E-state index in [0.29, 0.717) is 35.7 Å². The molecule has 2 aromatic rings. The minimum Gasteiger partial charge on any atom is -0.458 e. The molecule has 0 radical (unpaired) electrons. The molecule has 12 nitrogen and oxygen atoms in total. The van der Waals surface area contributed by atoms with Crippen LogP contribution in [0.15, 0.2) is 24.3 Å². The van der Waals surface area contributed by atoms with Gasteiger partial charge in [-0.15, -0.1) is 0 Å². The number of carbonyl (C=O) groups excluding carboxylic acids is 5. The number of halogens is 1. The molecule has 0 unspecified atom stereocenters. The summed E-state index contributed by atoms with van der Waals surface area (Å²) in [4.78, 5) is 70.8. The van der Waals surface area contributed by atoms with Crippen molar-refractivity contribution in [1.82, 2.24) is 25.4 Å². The number of piperidine rings is 1. The van der Waals surface area contributed by atoms with Crippen LogP contribution in [0.3, 0.4) is 0 Å². The lowest BCUT2D eigenvalue weighted by Gasteiger charge is -2.39. The number of hydrogen-bond acceptors (Lipinski definition) is 7.